The number of furan rings is 1. The number of nitrogens with one attached hydrogen (secondary N) is 1. The zero-order valence-corrected chi connectivity index (χ0v) is 12.8. The summed E-state index contributed by atoms with van der Waals surface area (Å²) in [5.41, 5.74) is 8.14. The molecule has 3 N–H and O–H groups in total. The predicted octanol–water partition coefficient (Wildman–Crippen LogP) is 3.51. The first-order valence-corrected chi connectivity index (χ1v) is 7.16. The maximum Gasteiger partial charge on any atom is 0.122 e. The van der Waals surface area contributed by atoms with E-state index in [2.05, 4.69) is 45.3 Å². The van der Waals surface area contributed by atoms with Crippen LogP contribution in [0.3, 0.4) is 0 Å². The molecule has 0 radical (unpaired) electrons. The molecule has 1 aromatic heterocycles. The van der Waals surface area contributed by atoms with Crippen molar-refractivity contribution in [3.8, 4) is 0 Å². The van der Waals surface area contributed by atoms with Gasteiger partial charge in [-0.15, -0.1) is 0 Å². The molecule has 1 unspecified atom stereocenters. The molecule has 0 saturated carbocycles. The van der Waals surface area contributed by atoms with Gasteiger partial charge in [-0.05, 0) is 56.0 Å². The number of hydrogen-bond donors (Lipinski definition) is 2. The maximum atomic E-state index is 5.82. The molecule has 108 valence electrons. The largest absolute Gasteiger partial charge is 0.464 e. The zero-order chi connectivity index (χ0) is 14.7. The summed E-state index contributed by atoms with van der Waals surface area (Å²) in [7, 11) is 0. The lowest BCUT2D eigenvalue weighted by atomic mass is 9.94. The van der Waals surface area contributed by atoms with E-state index < -0.39 is 0 Å². The van der Waals surface area contributed by atoms with Crippen molar-refractivity contribution in [3.05, 3.63) is 58.0 Å². The van der Waals surface area contributed by atoms with Crippen LogP contribution in [-0.4, -0.2) is 0 Å². The van der Waals surface area contributed by atoms with E-state index in [1.807, 2.05) is 12.1 Å². The highest BCUT2D eigenvalue weighted by atomic mass is 16.3. The first-order valence-electron chi connectivity index (χ1n) is 7.16. The van der Waals surface area contributed by atoms with E-state index in [1.54, 1.807) is 0 Å². The molecule has 1 aromatic carbocycles. The summed E-state index contributed by atoms with van der Waals surface area (Å²) < 4.78 is 5.82. The molecular weight excluding hydrogens is 248 g/mol. The van der Waals surface area contributed by atoms with E-state index in [9.17, 15) is 0 Å². The molecular formula is C17H24N2O. The summed E-state index contributed by atoms with van der Waals surface area (Å²) in [6, 6.07) is 8.48. The molecule has 1 atom stereocenters. The van der Waals surface area contributed by atoms with Gasteiger partial charge in [0.15, 0.2) is 0 Å². The number of hydrogen-bond acceptors (Lipinski definition) is 3. The number of nitrogens with two attached hydrogens (primary N) is 1. The quantitative estimate of drug-likeness (QED) is 0.647. The Bertz CT molecular complexity index is 563. The SMILES string of the molecule is CCc1ccc(C(Cc2c(C)cc(C)cc2C)NN)o1. The van der Waals surface area contributed by atoms with E-state index in [1.165, 1.54) is 22.3 Å². The number of benzene rings is 1. The van der Waals surface area contributed by atoms with Crippen LogP contribution >= 0.6 is 0 Å². The third-order valence-corrected chi connectivity index (χ3v) is 3.82. The van der Waals surface area contributed by atoms with Crippen LogP contribution in [0.15, 0.2) is 28.7 Å². The summed E-state index contributed by atoms with van der Waals surface area (Å²) in [4.78, 5) is 0. The van der Waals surface area contributed by atoms with Gasteiger partial charge in [-0.2, -0.15) is 0 Å². The normalized spacial score (nSPS) is 12.7. The fourth-order valence-corrected chi connectivity index (χ4v) is 2.75. The molecule has 3 heteroatoms. The van der Waals surface area contributed by atoms with Gasteiger partial charge in [0.2, 0.25) is 0 Å². The number of hydrazine groups is 1. The Morgan fingerprint density at radius 1 is 1.15 bits per heavy atom. The summed E-state index contributed by atoms with van der Waals surface area (Å²) >= 11 is 0. The van der Waals surface area contributed by atoms with E-state index in [-0.39, 0.29) is 6.04 Å². The summed E-state index contributed by atoms with van der Waals surface area (Å²) in [6.07, 6.45) is 1.74. The highest BCUT2D eigenvalue weighted by Crippen LogP contribution is 2.25. The highest BCUT2D eigenvalue weighted by molar-refractivity contribution is 5.38. The highest BCUT2D eigenvalue weighted by Gasteiger charge is 2.17. The molecule has 0 bridgehead atoms. The van der Waals surface area contributed by atoms with E-state index >= 15 is 0 Å². The van der Waals surface area contributed by atoms with E-state index in [0.717, 1.165) is 24.4 Å². The van der Waals surface area contributed by atoms with Gasteiger partial charge in [0.1, 0.15) is 11.5 Å². The second-order valence-corrected chi connectivity index (χ2v) is 5.46. The third kappa shape index (κ3) is 3.11. The fourth-order valence-electron chi connectivity index (χ4n) is 2.75. The van der Waals surface area contributed by atoms with Gasteiger partial charge in [0.05, 0.1) is 6.04 Å². The average Bonchev–Trinajstić information content (AvgIpc) is 2.86. The molecule has 2 rings (SSSR count). The Kier molecular flexibility index (Phi) is 4.63. The molecule has 0 saturated heterocycles. The van der Waals surface area contributed by atoms with Gasteiger partial charge in [0, 0.05) is 6.42 Å². The van der Waals surface area contributed by atoms with Gasteiger partial charge in [0.25, 0.3) is 0 Å². The fraction of sp³-hybridized carbons (Fsp3) is 0.412. The molecule has 1 heterocycles. The molecule has 2 aromatic rings. The lowest BCUT2D eigenvalue weighted by Gasteiger charge is -2.17. The second kappa shape index (κ2) is 6.25. The lowest BCUT2D eigenvalue weighted by molar-refractivity contribution is 0.395. The molecule has 0 aliphatic heterocycles. The van der Waals surface area contributed by atoms with Crippen molar-refractivity contribution in [3.63, 3.8) is 0 Å². The standard InChI is InChI=1S/C17H24N2O/c1-5-14-6-7-17(20-14)16(19-18)10-15-12(3)8-11(2)9-13(15)4/h6-9,16,19H,5,10,18H2,1-4H3. The number of aryl methyl sites for hydroxylation is 4. The van der Waals surface area contributed by atoms with Gasteiger partial charge < -0.3 is 4.42 Å². The molecule has 0 aliphatic carbocycles. The Hall–Kier alpha value is -1.58. The average molecular weight is 272 g/mol. The molecule has 0 spiro atoms. The van der Waals surface area contributed by atoms with Crippen LogP contribution < -0.4 is 11.3 Å². The van der Waals surface area contributed by atoms with E-state index in [0.29, 0.717) is 0 Å². The van der Waals surface area contributed by atoms with Crippen molar-refractivity contribution in [1.29, 1.82) is 0 Å². The molecule has 0 aliphatic rings. The Morgan fingerprint density at radius 2 is 1.80 bits per heavy atom. The van der Waals surface area contributed by atoms with Gasteiger partial charge >= 0.3 is 0 Å². The smallest absolute Gasteiger partial charge is 0.122 e. The summed E-state index contributed by atoms with van der Waals surface area (Å²) in [5, 5.41) is 0. The second-order valence-electron chi connectivity index (χ2n) is 5.46. The van der Waals surface area contributed by atoms with Crippen molar-refractivity contribution < 1.29 is 4.42 Å². The molecule has 3 nitrogen and oxygen atoms in total. The first kappa shape index (κ1) is 14.8. The van der Waals surface area contributed by atoms with Crippen molar-refractivity contribution >= 4 is 0 Å². The molecule has 0 amide bonds. The van der Waals surface area contributed by atoms with Crippen LogP contribution in [0.4, 0.5) is 0 Å². The van der Waals surface area contributed by atoms with Crippen molar-refractivity contribution in [2.24, 2.45) is 5.84 Å². The van der Waals surface area contributed by atoms with Gasteiger partial charge in [-0.25, -0.2) is 5.43 Å². The van der Waals surface area contributed by atoms with Crippen LogP contribution in [0.5, 0.6) is 0 Å². The molecule has 0 fully saturated rings. The Labute approximate surface area is 121 Å². The summed E-state index contributed by atoms with van der Waals surface area (Å²) in [6.45, 7) is 8.52. The number of rotatable bonds is 5. The van der Waals surface area contributed by atoms with Crippen molar-refractivity contribution in [1.82, 2.24) is 5.43 Å². The van der Waals surface area contributed by atoms with Crippen LogP contribution in [0.1, 0.15) is 46.7 Å². The predicted molar refractivity (Wildman–Crippen MR) is 82.5 cm³/mol. The maximum absolute atomic E-state index is 5.82. The zero-order valence-electron chi connectivity index (χ0n) is 12.8. The third-order valence-electron chi connectivity index (χ3n) is 3.82. The minimum absolute atomic E-state index is 0.00964. The first-order chi connectivity index (χ1) is 9.55. The Balaban J connectivity index is 2.26. The minimum atomic E-state index is 0.00964. The van der Waals surface area contributed by atoms with E-state index in [4.69, 9.17) is 10.3 Å². The lowest BCUT2D eigenvalue weighted by Crippen LogP contribution is -2.29. The van der Waals surface area contributed by atoms with Gasteiger partial charge in [-0.1, -0.05) is 24.6 Å². The van der Waals surface area contributed by atoms with Crippen LogP contribution in [-0.2, 0) is 12.8 Å². The van der Waals surface area contributed by atoms with Crippen molar-refractivity contribution in [2.45, 2.75) is 46.6 Å². The Morgan fingerprint density at radius 3 is 2.30 bits per heavy atom. The monoisotopic (exact) mass is 272 g/mol. The van der Waals surface area contributed by atoms with Crippen LogP contribution in [0.2, 0.25) is 0 Å². The van der Waals surface area contributed by atoms with Crippen LogP contribution in [0, 0.1) is 20.8 Å². The summed E-state index contributed by atoms with van der Waals surface area (Å²) in [5.74, 6) is 7.63. The van der Waals surface area contributed by atoms with Crippen LogP contribution in [0.25, 0.3) is 0 Å². The van der Waals surface area contributed by atoms with Crippen molar-refractivity contribution in [2.75, 3.05) is 0 Å². The molecule has 20 heavy (non-hydrogen) atoms. The topological polar surface area (TPSA) is 51.2 Å². The van der Waals surface area contributed by atoms with Gasteiger partial charge in [-0.3, -0.25) is 5.84 Å². The minimum Gasteiger partial charge on any atom is -0.464 e.